The Hall–Kier alpha value is -2.12. The number of carbonyl (C=O) groups is 2. The average molecular weight is 410 g/mol. The van der Waals surface area contributed by atoms with Gasteiger partial charge in [-0.05, 0) is 37.6 Å². The number of ether oxygens (including phenoxy) is 1. The van der Waals surface area contributed by atoms with Crippen molar-refractivity contribution in [3.05, 3.63) is 40.4 Å². The van der Waals surface area contributed by atoms with Crippen molar-refractivity contribution in [1.82, 2.24) is 9.88 Å². The molecule has 0 saturated carbocycles. The first kappa shape index (κ1) is 21.2. The number of anilines is 1. The fourth-order valence-corrected chi connectivity index (χ4v) is 3.19. The van der Waals surface area contributed by atoms with Crippen molar-refractivity contribution in [2.45, 2.75) is 33.1 Å². The van der Waals surface area contributed by atoms with Gasteiger partial charge in [-0.2, -0.15) is 0 Å². The molecule has 27 heavy (non-hydrogen) atoms. The fraction of sp³-hybridized carbons (Fsp3) is 0.421. The lowest BCUT2D eigenvalue weighted by Crippen LogP contribution is -2.41. The van der Waals surface area contributed by atoms with Crippen LogP contribution >= 0.6 is 22.9 Å². The third-order valence-corrected chi connectivity index (χ3v) is 4.89. The van der Waals surface area contributed by atoms with E-state index in [0.717, 1.165) is 25.0 Å². The van der Waals surface area contributed by atoms with Gasteiger partial charge in [0.2, 0.25) is 5.91 Å². The van der Waals surface area contributed by atoms with Crippen LogP contribution in [0.2, 0.25) is 5.02 Å². The molecule has 0 unspecified atom stereocenters. The Balaban J connectivity index is 1.91. The molecular formula is C19H24ClN3O3S. The SMILES string of the molecule is CCCCCN(CC(=O)Nc1nc(C)cs1)C(=O)COc1ccc(Cl)cc1. The van der Waals surface area contributed by atoms with Crippen molar-refractivity contribution in [2.75, 3.05) is 25.0 Å². The van der Waals surface area contributed by atoms with Gasteiger partial charge in [-0.25, -0.2) is 4.98 Å². The van der Waals surface area contributed by atoms with E-state index in [4.69, 9.17) is 16.3 Å². The Morgan fingerprint density at radius 2 is 2.00 bits per heavy atom. The van der Waals surface area contributed by atoms with Crippen molar-refractivity contribution in [3.8, 4) is 5.75 Å². The maximum absolute atomic E-state index is 12.6. The molecule has 0 radical (unpaired) electrons. The molecule has 2 aromatic rings. The highest BCUT2D eigenvalue weighted by molar-refractivity contribution is 7.13. The number of aromatic nitrogens is 1. The second kappa shape index (κ2) is 10.9. The van der Waals surface area contributed by atoms with Crippen LogP contribution in [-0.2, 0) is 9.59 Å². The number of halogens is 1. The summed E-state index contributed by atoms with van der Waals surface area (Å²) in [5, 5.41) is 5.74. The Morgan fingerprint density at radius 1 is 1.26 bits per heavy atom. The van der Waals surface area contributed by atoms with Crippen LogP contribution in [0.1, 0.15) is 31.9 Å². The second-order valence-electron chi connectivity index (χ2n) is 6.11. The first-order valence-corrected chi connectivity index (χ1v) is 10.1. The first-order chi connectivity index (χ1) is 13.0. The maximum Gasteiger partial charge on any atom is 0.260 e. The number of rotatable bonds is 10. The minimum absolute atomic E-state index is 0.0227. The summed E-state index contributed by atoms with van der Waals surface area (Å²) < 4.78 is 5.52. The lowest BCUT2D eigenvalue weighted by Gasteiger charge is -2.22. The third-order valence-electron chi connectivity index (χ3n) is 3.76. The molecule has 2 amide bonds. The zero-order chi connectivity index (χ0) is 19.6. The first-order valence-electron chi connectivity index (χ1n) is 8.86. The van der Waals surface area contributed by atoms with Crippen LogP contribution in [0.3, 0.4) is 0 Å². The number of carbonyl (C=O) groups excluding carboxylic acids is 2. The van der Waals surface area contributed by atoms with Crippen LogP contribution in [0.5, 0.6) is 5.75 Å². The Morgan fingerprint density at radius 3 is 2.63 bits per heavy atom. The number of nitrogens with one attached hydrogen (secondary N) is 1. The molecule has 0 fully saturated rings. The minimum Gasteiger partial charge on any atom is -0.484 e. The summed E-state index contributed by atoms with van der Waals surface area (Å²) in [7, 11) is 0. The Kier molecular flexibility index (Phi) is 8.54. The van der Waals surface area contributed by atoms with Crippen LogP contribution in [0.15, 0.2) is 29.6 Å². The molecule has 1 N–H and O–H groups in total. The molecule has 2 rings (SSSR count). The van der Waals surface area contributed by atoms with Gasteiger partial charge in [0.15, 0.2) is 11.7 Å². The van der Waals surface area contributed by atoms with Crippen molar-refractivity contribution >= 4 is 39.9 Å². The predicted molar refractivity (Wildman–Crippen MR) is 109 cm³/mol. The number of nitrogens with zero attached hydrogens (tertiary/aromatic N) is 2. The van der Waals surface area contributed by atoms with Crippen molar-refractivity contribution in [3.63, 3.8) is 0 Å². The van der Waals surface area contributed by atoms with Crippen molar-refractivity contribution in [2.24, 2.45) is 0 Å². The molecule has 0 aliphatic rings. The van der Waals surface area contributed by atoms with Crippen LogP contribution in [0.25, 0.3) is 0 Å². The molecule has 0 bridgehead atoms. The van der Waals surface area contributed by atoms with E-state index < -0.39 is 0 Å². The molecule has 0 atom stereocenters. The summed E-state index contributed by atoms with van der Waals surface area (Å²) in [6.45, 7) is 4.32. The van der Waals surface area contributed by atoms with Gasteiger partial charge in [-0.3, -0.25) is 9.59 Å². The molecule has 0 aliphatic heterocycles. The molecule has 0 aliphatic carbocycles. The van der Waals surface area contributed by atoms with Gasteiger partial charge in [0.1, 0.15) is 12.3 Å². The van der Waals surface area contributed by atoms with Gasteiger partial charge in [0, 0.05) is 16.9 Å². The molecule has 1 aromatic carbocycles. The quantitative estimate of drug-likeness (QED) is 0.598. The molecule has 146 valence electrons. The van der Waals surface area contributed by atoms with E-state index in [2.05, 4.69) is 17.2 Å². The Bertz CT molecular complexity index is 749. The minimum atomic E-state index is -0.263. The predicted octanol–water partition coefficient (Wildman–Crippen LogP) is 4.14. The van der Waals surface area contributed by atoms with Crippen LogP contribution in [-0.4, -0.2) is 41.4 Å². The molecular weight excluding hydrogens is 386 g/mol. The van der Waals surface area contributed by atoms with Gasteiger partial charge in [0.25, 0.3) is 5.91 Å². The van der Waals surface area contributed by atoms with Crippen LogP contribution < -0.4 is 10.1 Å². The number of aryl methyl sites for hydroxylation is 1. The molecule has 0 spiro atoms. The average Bonchev–Trinajstić information content (AvgIpc) is 3.05. The largest absolute Gasteiger partial charge is 0.484 e. The van der Waals surface area contributed by atoms with Gasteiger partial charge < -0.3 is 15.0 Å². The van der Waals surface area contributed by atoms with E-state index in [1.54, 1.807) is 24.3 Å². The van der Waals surface area contributed by atoms with Gasteiger partial charge in [0.05, 0.1) is 5.69 Å². The van der Waals surface area contributed by atoms with E-state index in [9.17, 15) is 9.59 Å². The van der Waals surface area contributed by atoms with E-state index in [1.165, 1.54) is 16.2 Å². The molecule has 0 saturated heterocycles. The number of thiazole rings is 1. The van der Waals surface area contributed by atoms with Gasteiger partial charge in [-0.15, -0.1) is 11.3 Å². The summed E-state index contributed by atoms with van der Waals surface area (Å²) >= 11 is 7.20. The zero-order valence-corrected chi connectivity index (χ0v) is 17.1. The number of hydrogen-bond donors (Lipinski definition) is 1. The third kappa shape index (κ3) is 7.56. The highest BCUT2D eigenvalue weighted by Crippen LogP contribution is 2.16. The van der Waals surface area contributed by atoms with Gasteiger partial charge in [-0.1, -0.05) is 31.4 Å². The Labute approximate surface area is 168 Å². The molecule has 8 heteroatoms. The fourth-order valence-electron chi connectivity index (χ4n) is 2.36. The lowest BCUT2D eigenvalue weighted by molar-refractivity contribution is -0.136. The topological polar surface area (TPSA) is 71.5 Å². The standard InChI is InChI=1S/C19H24ClN3O3S/c1-3-4-5-10-23(11-17(24)22-19-21-14(2)13-27-19)18(25)12-26-16-8-6-15(20)7-9-16/h6-9,13H,3-5,10-12H2,1-2H3,(H,21,22,24). The normalized spacial score (nSPS) is 10.5. The number of unbranched alkanes of at least 4 members (excludes halogenated alkanes) is 2. The summed E-state index contributed by atoms with van der Waals surface area (Å²) in [4.78, 5) is 30.6. The lowest BCUT2D eigenvalue weighted by atomic mass is 10.2. The van der Waals surface area contributed by atoms with Crippen LogP contribution in [0, 0.1) is 6.92 Å². The molecule has 6 nitrogen and oxygen atoms in total. The smallest absolute Gasteiger partial charge is 0.260 e. The summed E-state index contributed by atoms with van der Waals surface area (Å²) in [6, 6.07) is 6.80. The van der Waals surface area contributed by atoms with E-state index in [-0.39, 0.29) is 25.0 Å². The monoisotopic (exact) mass is 409 g/mol. The molecule has 1 heterocycles. The number of benzene rings is 1. The number of amides is 2. The molecule has 1 aromatic heterocycles. The van der Waals surface area contributed by atoms with Crippen molar-refractivity contribution < 1.29 is 14.3 Å². The van der Waals surface area contributed by atoms with E-state index in [0.29, 0.717) is 22.4 Å². The summed E-state index contributed by atoms with van der Waals surface area (Å²) in [6.07, 6.45) is 2.87. The van der Waals surface area contributed by atoms with Gasteiger partial charge >= 0.3 is 0 Å². The summed E-state index contributed by atoms with van der Waals surface area (Å²) in [5.74, 6) is 0.0659. The summed E-state index contributed by atoms with van der Waals surface area (Å²) in [5.41, 5.74) is 0.850. The van der Waals surface area contributed by atoms with E-state index >= 15 is 0 Å². The highest BCUT2D eigenvalue weighted by atomic mass is 35.5. The zero-order valence-electron chi connectivity index (χ0n) is 15.5. The van der Waals surface area contributed by atoms with Crippen LogP contribution in [0.4, 0.5) is 5.13 Å². The second-order valence-corrected chi connectivity index (χ2v) is 7.40. The highest BCUT2D eigenvalue weighted by Gasteiger charge is 2.18. The van der Waals surface area contributed by atoms with E-state index in [1.807, 2.05) is 12.3 Å². The number of hydrogen-bond acceptors (Lipinski definition) is 5. The van der Waals surface area contributed by atoms with Crippen molar-refractivity contribution in [1.29, 1.82) is 0 Å². The maximum atomic E-state index is 12.6.